The number of rotatable bonds is 3. The molecule has 4 aromatic rings. The number of piperidine rings is 1. The first kappa shape index (κ1) is 20.1. The molecule has 2 aromatic heterocycles. The van der Waals surface area contributed by atoms with Crippen LogP contribution in [0.3, 0.4) is 0 Å². The fraction of sp³-hybridized carbons (Fsp3) is 0.269. The summed E-state index contributed by atoms with van der Waals surface area (Å²) in [5, 5.41) is 28.5. The molecule has 1 aliphatic heterocycles. The number of aromatic amines is 1. The molecule has 0 bridgehead atoms. The molecule has 160 valence electrons. The summed E-state index contributed by atoms with van der Waals surface area (Å²) in [7, 11) is 0. The molecule has 2 aromatic carbocycles. The monoisotopic (exact) mass is 423 g/mol. The van der Waals surface area contributed by atoms with E-state index < -0.39 is 0 Å². The van der Waals surface area contributed by atoms with E-state index in [1.54, 1.807) is 12.1 Å². The number of aryl methyl sites for hydroxylation is 2. The maximum absolute atomic E-state index is 10.2. The van der Waals surface area contributed by atoms with E-state index in [4.69, 9.17) is 4.98 Å². The standard InChI is InChI=1S/C26H25N5O/c1-16-14-19(8-11-22(16)32)25-21(15-27)24(23-17(2)29-30-26(23)28-25)18-6-9-20(10-7-18)31-12-4-3-5-13-31/h6-11,14,32H,3-5,12-13H2,1-2H3,(H,28,29,30). The maximum atomic E-state index is 10.2. The minimum atomic E-state index is 0.220. The number of hydrogen-bond acceptors (Lipinski definition) is 5. The van der Waals surface area contributed by atoms with Crippen LogP contribution in [-0.2, 0) is 0 Å². The summed E-state index contributed by atoms with van der Waals surface area (Å²) >= 11 is 0. The molecule has 0 spiro atoms. The van der Waals surface area contributed by atoms with Crippen molar-refractivity contribution >= 4 is 16.7 Å². The van der Waals surface area contributed by atoms with Crippen LogP contribution in [0.5, 0.6) is 5.75 Å². The number of hydrogen-bond donors (Lipinski definition) is 2. The number of aromatic hydroxyl groups is 1. The minimum absolute atomic E-state index is 0.220. The molecule has 32 heavy (non-hydrogen) atoms. The van der Waals surface area contributed by atoms with E-state index in [-0.39, 0.29) is 5.75 Å². The zero-order valence-electron chi connectivity index (χ0n) is 18.3. The van der Waals surface area contributed by atoms with Crippen LogP contribution in [0.15, 0.2) is 42.5 Å². The van der Waals surface area contributed by atoms with Gasteiger partial charge in [0.05, 0.1) is 16.6 Å². The van der Waals surface area contributed by atoms with Gasteiger partial charge in [-0.1, -0.05) is 12.1 Å². The van der Waals surface area contributed by atoms with Gasteiger partial charge in [0.2, 0.25) is 0 Å². The van der Waals surface area contributed by atoms with Crippen molar-refractivity contribution in [2.24, 2.45) is 0 Å². The number of pyridine rings is 1. The Bertz CT molecular complexity index is 1340. The number of nitrogens with one attached hydrogen (secondary N) is 1. The van der Waals surface area contributed by atoms with Crippen LogP contribution in [0, 0.1) is 25.2 Å². The summed E-state index contributed by atoms with van der Waals surface area (Å²) in [6.45, 7) is 5.97. The van der Waals surface area contributed by atoms with Gasteiger partial charge in [0.15, 0.2) is 5.65 Å². The van der Waals surface area contributed by atoms with Gasteiger partial charge in [-0.15, -0.1) is 0 Å². The molecule has 0 saturated carbocycles. The lowest BCUT2D eigenvalue weighted by molar-refractivity contribution is 0.471. The molecule has 5 rings (SSSR count). The van der Waals surface area contributed by atoms with E-state index in [0.29, 0.717) is 16.9 Å². The highest BCUT2D eigenvalue weighted by Gasteiger charge is 2.22. The summed E-state index contributed by atoms with van der Waals surface area (Å²) < 4.78 is 0. The Morgan fingerprint density at radius 3 is 2.41 bits per heavy atom. The van der Waals surface area contributed by atoms with Crippen molar-refractivity contribution in [3.8, 4) is 34.2 Å². The number of phenols is 1. The van der Waals surface area contributed by atoms with Gasteiger partial charge in [-0.3, -0.25) is 5.10 Å². The Labute approximate surface area is 187 Å². The van der Waals surface area contributed by atoms with Crippen LogP contribution >= 0.6 is 0 Å². The van der Waals surface area contributed by atoms with Crippen molar-refractivity contribution in [3.05, 3.63) is 59.3 Å². The second kappa shape index (κ2) is 8.01. The number of phenolic OH excluding ortho intramolecular Hbond substituents is 1. The van der Waals surface area contributed by atoms with Crippen molar-refractivity contribution in [1.29, 1.82) is 5.26 Å². The van der Waals surface area contributed by atoms with Crippen molar-refractivity contribution < 1.29 is 5.11 Å². The Morgan fingerprint density at radius 1 is 1.00 bits per heavy atom. The van der Waals surface area contributed by atoms with Crippen molar-refractivity contribution in [2.75, 3.05) is 18.0 Å². The Kier molecular flexibility index (Phi) is 5.02. The number of nitrogens with zero attached hydrogens (tertiary/aromatic N) is 4. The molecule has 1 fully saturated rings. The third-order valence-corrected chi connectivity index (χ3v) is 6.34. The average Bonchev–Trinajstić information content (AvgIpc) is 3.20. The number of aromatic nitrogens is 3. The topological polar surface area (TPSA) is 88.8 Å². The van der Waals surface area contributed by atoms with Crippen LogP contribution in [0.1, 0.15) is 36.1 Å². The number of benzene rings is 2. The summed E-state index contributed by atoms with van der Waals surface area (Å²) in [6.07, 6.45) is 3.76. The molecular weight excluding hydrogens is 398 g/mol. The Morgan fingerprint density at radius 2 is 1.72 bits per heavy atom. The molecule has 0 radical (unpaired) electrons. The highest BCUT2D eigenvalue weighted by molar-refractivity contribution is 6.00. The van der Waals surface area contributed by atoms with Gasteiger partial charge in [-0.25, -0.2) is 4.98 Å². The quantitative estimate of drug-likeness (QED) is 0.456. The van der Waals surface area contributed by atoms with Crippen LogP contribution < -0.4 is 4.90 Å². The first-order valence-corrected chi connectivity index (χ1v) is 11.0. The van der Waals surface area contributed by atoms with E-state index in [1.807, 2.05) is 19.9 Å². The van der Waals surface area contributed by atoms with Crippen LogP contribution in [0.2, 0.25) is 0 Å². The lowest BCUT2D eigenvalue weighted by Gasteiger charge is -2.29. The van der Waals surface area contributed by atoms with Gasteiger partial charge in [0, 0.05) is 35.6 Å². The Balaban J connectivity index is 1.70. The second-order valence-electron chi connectivity index (χ2n) is 8.47. The van der Waals surface area contributed by atoms with Gasteiger partial charge in [0.1, 0.15) is 11.8 Å². The molecule has 6 heteroatoms. The lowest BCUT2D eigenvalue weighted by atomic mass is 9.92. The molecule has 1 aliphatic rings. The molecule has 3 heterocycles. The Hall–Kier alpha value is -3.85. The van der Waals surface area contributed by atoms with E-state index in [2.05, 4.69) is 45.4 Å². The highest BCUT2D eigenvalue weighted by Crippen LogP contribution is 2.38. The molecule has 1 saturated heterocycles. The van der Waals surface area contributed by atoms with Gasteiger partial charge < -0.3 is 10.0 Å². The second-order valence-corrected chi connectivity index (χ2v) is 8.47. The van der Waals surface area contributed by atoms with Crippen LogP contribution in [-0.4, -0.2) is 33.4 Å². The largest absolute Gasteiger partial charge is 0.508 e. The molecule has 0 atom stereocenters. The highest BCUT2D eigenvalue weighted by atomic mass is 16.3. The fourth-order valence-corrected chi connectivity index (χ4v) is 4.60. The third-order valence-electron chi connectivity index (χ3n) is 6.34. The predicted octanol–water partition coefficient (Wildman–Crippen LogP) is 5.48. The van der Waals surface area contributed by atoms with E-state index >= 15 is 0 Å². The lowest BCUT2D eigenvalue weighted by Crippen LogP contribution is -2.29. The minimum Gasteiger partial charge on any atom is -0.508 e. The van der Waals surface area contributed by atoms with Crippen LogP contribution in [0.25, 0.3) is 33.4 Å². The maximum Gasteiger partial charge on any atom is 0.182 e. The number of anilines is 1. The van der Waals surface area contributed by atoms with E-state index in [0.717, 1.165) is 46.4 Å². The average molecular weight is 424 g/mol. The van der Waals surface area contributed by atoms with Gasteiger partial charge in [0.25, 0.3) is 0 Å². The molecule has 2 N–H and O–H groups in total. The molecule has 0 unspecified atom stereocenters. The fourth-order valence-electron chi connectivity index (χ4n) is 4.60. The van der Waals surface area contributed by atoms with Crippen molar-refractivity contribution in [1.82, 2.24) is 15.2 Å². The van der Waals surface area contributed by atoms with Crippen molar-refractivity contribution in [2.45, 2.75) is 33.1 Å². The van der Waals surface area contributed by atoms with Gasteiger partial charge >= 0.3 is 0 Å². The molecular formula is C26H25N5O. The van der Waals surface area contributed by atoms with E-state index in [9.17, 15) is 10.4 Å². The number of fused-ring (bicyclic) bond motifs is 1. The zero-order chi connectivity index (χ0) is 22.2. The van der Waals surface area contributed by atoms with Gasteiger partial charge in [-0.2, -0.15) is 10.4 Å². The SMILES string of the molecule is Cc1cc(-c2nc3n[nH]c(C)c3c(-c3ccc(N4CCCCC4)cc3)c2C#N)ccc1O. The van der Waals surface area contributed by atoms with Gasteiger partial charge in [-0.05, 0) is 74.6 Å². The number of nitriles is 1. The molecule has 0 amide bonds. The number of H-pyrrole nitrogens is 1. The first-order valence-electron chi connectivity index (χ1n) is 11.0. The first-order chi connectivity index (χ1) is 15.6. The molecule has 0 aliphatic carbocycles. The van der Waals surface area contributed by atoms with E-state index in [1.165, 1.54) is 24.9 Å². The molecule has 6 nitrogen and oxygen atoms in total. The zero-order valence-corrected chi connectivity index (χ0v) is 18.3. The summed E-state index contributed by atoms with van der Waals surface area (Å²) in [4.78, 5) is 7.16. The smallest absolute Gasteiger partial charge is 0.182 e. The summed E-state index contributed by atoms with van der Waals surface area (Å²) in [6, 6.07) is 16.2. The normalized spacial score (nSPS) is 14.0. The predicted molar refractivity (Wildman–Crippen MR) is 127 cm³/mol. The summed E-state index contributed by atoms with van der Waals surface area (Å²) in [5.74, 6) is 0.220. The van der Waals surface area contributed by atoms with Crippen molar-refractivity contribution in [3.63, 3.8) is 0 Å². The third kappa shape index (κ3) is 3.36. The summed E-state index contributed by atoms with van der Waals surface area (Å²) in [5.41, 5.74) is 7.10. The van der Waals surface area contributed by atoms with Crippen LogP contribution in [0.4, 0.5) is 5.69 Å².